The van der Waals surface area contributed by atoms with E-state index < -0.39 is 17.9 Å². The molecule has 1 fully saturated rings. The van der Waals surface area contributed by atoms with Crippen LogP contribution < -0.4 is 10.6 Å². The van der Waals surface area contributed by atoms with Crippen LogP contribution in [-0.2, 0) is 4.79 Å². The van der Waals surface area contributed by atoms with Crippen LogP contribution in [0.15, 0.2) is 54.9 Å². The highest BCUT2D eigenvalue weighted by Crippen LogP contribution is 2.21. The molecule has 10 heteroatoms. The fourth-order valence-corrected chi connectivity index (χ4v) is 3.25. The summed E-state index contributed by atoms with van der Waals surface area (Å²) in [5.41, 5.74) is 1.70. The van der Waals surface area contributed by atoms with Gasteiger partial charge in [-0.1, -0.05) is 6.07 Å². The monoisotopic (exact) mass is 395 g/mol. The third-order valence-electron chi connectivity index (χ3n) is 4.64. The molecule has 148 valence electrons. The van der Waals surface area contributed by atoms with Crippen LogP contribution in [0.3, 0.4) is 0 Å². The van der Waals surface area contributed by atoms with Crippen molar-refractivity contribution in [3.05, 3.63) is 60.7 Å². The van der Waals surface area contributed by atoms with E-state index in [4.69, 9.17) is 0 Å². The number of carbonyl (C=O) groups is 2. The van der Waals surface area contributed by atoms with Crippen LogP contribution >= 0.6 is 0 Å². The predicted molar refractivity (Wildman–Crippen MR) is 103 cm³/mol. The number of amides is 3. The van der Waals surface area contributed by atoms with E-state index in [0.29, 0.717) is 30.8 Å². The lowest BCUT2D eigenvalue weighted by atomic mass is 10.2. The third-order valence-corrected chi connectivity index (χ3v) is 4.64. The van der Waals surface area contributed by atoms with Crippen LogP contribution in [0.5, 0.6) is 0 Å². The molecule has 2 N–H and O–H groups in total. The summed E-state index contributed by atoms with van der Waals surface area (Å²) in [7, 11) is 0. The number of nitrogens with zero attached hydrogens (tertiary/aromatic N) is 5. The second-order valence-electron chi connectivity index (χ2n) is 6.58. The molecule has 2 aromatic carbocycles. The Bertz CT molecular complexity index is 1010. The molecule has 4 rings (SSSR count). The molecule has 3 aromatic rings. The van der Waals surface area contributed by atoms with Gasteiger partial charge in [-0.05, 0) is 65.7 Å². The van der Waals surface area contributed by atoms with Crippen molar-refractivity contribution in [2.75, 3.05) is 17.2 Å². The maximum Gasteiger partial charge on any atom is 0.322 e. The summed E-state index contributed by atoms with van der Waals surface area (Å²) in [6.07, 6.45) is 2.75. The first-order chi connectivity index (χ1) is 14.1. The number of rotatable bonds is 4. The van der Waals surface area contributed by atoms with E-state index in [1.165, 1.54) is 34.1 Å². The summed E-state index contributed by atoms with van der Waals surface area (Å²) >= 11 is 0. The molecule has 0 spiro atoms. The number of halogens is 1. The SMILES string of the molecule is O=C(Nc1ccc(-n2cnnn2)cc1)C1CCCN1C(=O)Nc1cccc(F)c1. The average molecular weight is 395 g/mol. The first kappa shape index (κ1) is 18.5. The lowest BCUT2D eigenvalue weighted by molar-refractivity contribution is -0.119. The molecule has 1 saturated heterocycles. The molecule has 1 atom stereocenters. The average Bonchev–Trinajstić information content (AvgIpc) is 3.41. The summed E-state index contributed by atoms with van der Waals surface area (Å²) in [5, 5.41) is 16.4. The van der Waals surface area contributed by atoms with Crippen LogP contribution in [-0.4, -0.2) is 49.6 Å². The Hall–Kier alpha value is -3.82. The summed E-state index contributed by atoms with van der Waals surface area (Å²) in [6.45, 7) is 0.456. The summed E-state index contributed by atoms with van der Waals surface area (Å²) < 4.78 is 14.8. The molecule has 1 aliphatic rings. The Balaban J connectivity index is 1.40. The Morgan fingerprint density at radius 3 is 2.62 bits per heavy atom. The van der Waals surface area contributed by atoms with E-state index in [1.807, 2.05) is 0 Å². The zero-order valence-electron chi connectivity index (χ0n) is 15.3. The highest BCUT2D eigenvalue weighted by Gasteiger charge is 2.34. The molecule has 0 saturated carbocycles. The number of anilines is 2. The number of aromatic nitrogens is 4. The van der Waals surface area contributed by atoms with Gasteiger partial charge in [-0.25, -0.2) is 13.9 Å². The number of likely N-dealkylation sites (tertiary alicyclic amines) is 1. The molecule has 0 radical (unpaired) electrons. The van der Waals surface area contributed by atoms with Gasteiger partial charge in [-0.3, -0.25) is 4.79 Å². The van der Waals surface area contributed by atoms with Crippen molar-refractivity contribution in [2.45, 2.75) is 18.9 Å². The number of tetrazole rings is 1. The molecular formula is C19H18FN7O2. The topological polar surface area (TPSA) is 105 Å². The molecular weight excluding hydrogens is 377 g/mol. The second kappa shape index (κ2) is 8.05. The van der Waals surface area contributed by atoms with Gasteiger partial charge in [0.05, 0.1) is 5.69 Å². The standard InChI is InChI=1S/C19H18FN7O2/c20-13-3-1-4-15(11-13)23-19(29)26-10-2-5-17(26)18(28)22-14-6-8-16(9-7-14)27-12-21-24-25-27/h1,3-4,6-9,11-12,17H,2,5,10H2,(H,22,28)(H,23,29). The summed E-state index contributed by atoms with van der Waals surface area (Å²) in [6, 6.07) is 11.6. The maximum absolute atomic E-state index is 13.3. The fourth-order valence-electron chi connectivity index (χ4n) is 3.25. The van der Waals surface area contributed by atoms with Crippen molar-refractivity contribution < 1.29 is 14.0 Å². The molecule has 1 aromatic heterocycles. The Morgan fingerprint density at radius 2 is 1.90 bits per heavy atom. The van der Waals surface area contributed by atoms with E-state index >= 15 is 0 Å². The smallest absolute Gasteiger partial charge is 0.322 e. The van der Waals surface area contributed by atoms with Crippen molar-refractivity contribution in [3.63, 3.8) is 0 Å². The number of hydrogen-bond acceptors (Lipinski definition) is 5. The van der Waals surface area contributed by atoms with Crippen LogP contribution in [0.4, 0.5) is 20.6 Å². The maximum atomic E-state index is 13.3. The first-order valence-electron chi connectivity index (χ1n) is 9.07. The molecule has 9 nitrogen and oxygen atoms in total. The minimum absolute atomic E-state index is 0.271. The molecule has 29 heavy (non-hydrogen) atoms. The lowest BCUT2D eigenvalue weighted by Gasteiger charge is -2.24. The normalized spacial score (nSPS) is 15.9. The van der Waals surface area contributed by atoms with Gasteiger partial charge in [0.25, 0.3) is 0 Å². The van der Waals surface area contributed by atoms with E-state index in [0.717, 1.165) is 5.69 Å². The van der Waals surface area contributed by atoms with Crippen molar-refractivity contribution >= 4 is 23.3 Å². The van der Waals surface area contributed by atoms with Crippen molar-refractivity contribution in [1.29, 1.82) is 0 Å². The quantitative estimate of drug-likeness (QED) is 0.706. The highest BCUT2D eigenvalue weighted by atomic mass is 19.1. The van der Waals surface area contributed by atoms with Gasteiger partial charge in [-0.2, -0.15) is 0 Å². The van der Waals surface area contributed by atoms with Crippen LogP contribution in [0.1, 0.15) is 12.8 Å². The number of urea groups is 1. The van der Waals surface area contributed by atoms with Gasteiger partial charge < -0.3 is 15.5 Å². The summed E-state index contributed by atoms with van der Waals surface area (Å²) in [4.78, 5) is 26.7. The van der Waals surface area contributed by atoms with Crippen molar-refractivity contribution in [3.8, 4) is 5.69 Å². The van der Waals surface area contributed by atoms with Crippen molar-refractivity contribution in [1.82, 2.24) is 25.1 Å². The Morgan fingerprint density at radius 1 is 1.07 bits per heavy atom. The minimum Gasteiger partial charge on any atom is -0.324 e. The van der Waals surface area contributed by atoms with Gasteiger partial charge in [0, 0.05) is 17.9 Å². The number of benzene rings is 2. The lowest BCUT2D eigenvalue weighted by Crippen LogP contribution is -2.45. The number of hydrogen-bond donors (Lipinski definition) is 2. The Kier molecular flexibility index (Phi) is 5.14. The molecule has 1 aliphatic heterocycles. The molecule has 0 bridgehead atoms. The van der Waals surface area contributed by atoms with Gasteiger partial charge in [0.15, 0.2) is 0 Å². The van der Waals surface area contributed by atoms with Crippen LogP contribution in [0.2, 0.25) is 0 Å². The third kappa shape index (κ3) is 4.21. The van der Waals surface area contributed by atoms with Crippen LogP contribution in [0.25, 0.3) is 5.69 Å². The van der Waals surface area contributed by atoms with Gasteiger partial charge in [-0.15, -0.1) is 5.10 Å². The van der Waals surface area contributed by atoms with Gasteiger partial charge >= 0.3 is 6.03 Å². The molecule has 3 amide bonds. The zero-order valence-corrected chi connectivity index (χ0v) is 15.3. The largest absolute Gasteiger partial charge is 0.324 e. The zero-order chi connectivity index (χ0) is 20.2. The first-order valence-corrected chi connectivity index (χ1v) is 9.07. The van der Waals surface area contributed by atoms with E-state index in [2.05, 4.69) is 26.2 Å². The van der Waals surface area contributed by atoms with Crippen LogP contribution in [0, 0.1) is 5.82 Å². The van der Waals surface area contributed by atoms with E-state index in [9.17, 15) is 14.0 Å². The molecule has 2 heterocycles. The van der Waals surface area contributed by atoms with E-state index in [-0.39, 0.29) is 5.91 Å². The fraction of sp³-hybridized carbons (Fsp3) is 0.211. The number of carbonyl (C=O) groups excluding carboxylic acids is 2. The molecule has 0 aliphatic carbocycles. The van der Waals surface area contributed by atoms with Gasteiger partial charge in [0.1, 0.15) is 18.2 Å². The molecule has 1 unspecified atom stereocenters. The Labute approximate surface area is 165 Å². The second-order valence-corrected chi connectivity index (χ2v) is 6.58. The summed E-state index contributed by atoms with van der Waals surface area (Å²) in [5.74, 6) is -0.712. The van der Waals surface area contributed by atoms with Crippen molar-refractivity contribution in [2.24, 2.45) is 0 Å². The van der Waals surface area contributed by atoms with E-state index in [1.54, 1.807) is 30.3 Å². The highest BCUT2D eigenvalue weighted by molar-refractivity contribution is 5.99. The predicted octanol–water partition coefficient (Wildman–Crippen LogP) is 2.44. The minimum atomic E-state index is -0.595. The van der Waals surface area contributed by atoms with Gasteiger partial charge in [0.2, 0.25) is 5.91 Å². The number of nitrogens with one attached hydrogen (secondary N) is 2.